The van der Waals surface area contributed by atoms with Crippen molar-refractivity contribution in [2.24, 2.45) is 5.92 Å². The number of urea groups is 1. The largest absolute Gasteiger partial charge is 0.483 e. The fraction of sp³-hybridized carbons (Fsp3) is 0.634. The monoisotopic (exact) mass is 776 g/mol. The van der Waals surface area contributed by atoms with Crippen molar-refractivity contribution in [3.63, 3.8) is 0 Å². The molecule has 1 aromatic heterocycles. The van der Waals surface area contributed by atoms with E-state index in [9.17, 15) is 27.6 Å². The van der Waals surface area contributed by atoms with Gasteiger partial charge in [-0.05, 0) is 99.0 Å². The Hall–Kier alpha value is -4.20. The van der Waals surface area contributed by atoms with Gasteiger partial charge in [-0.25, -0.2) is 18.2 Å². The van der Waals surface area contributed by atoms with Gasteiger partial charge in [0, 0.05) is 35.4 Å². The first-order chi connectivity index (χ1) is 26.0. The van der Waals surface area contributed by atoms with Crippen LogP contribution in [0.1, 0.15) is 110 Å². The third kappa shape index (κ3) is 7.31. The quantitative estimate of drug-likeness (QED) is 0.352. The zero-order valence-corrected chi connectivity index (χ0v) is 33.8. The molecule has 2 aromatic rings. The number of pyridine rings is 1. The van der Waals surface area contributed by atoms with Gasteiger partial charge in [-0.3, -0.25) is 19.1 Å². The van der Waals surface area contributed by atoms with Crippen LogP contribution in [-0.4, -0.2) is 93.6 Å². The number of nitrogens with zero attached hydrogens (tertiary/aromatic N) is 3. The van der Waals surface area contributed by atoms with E-state index in [0.717, 1.165) is 41.4 Å². The molecule has 13 nitrogen and oxygen atoms in total. The van der Waals surface area contributed by atoms with E-state index in [2.05, 4.69) is 15.4 Å². The number of carbonyl (C=O) groups excluding carboxylic acids is 4. The molecule has 0 radical (unpaired) electrons. The highest BCUT2D eigenvalue weighted by Crippen LogP contribution is 2.49. The summed E-state index contributed by atoms with van der Waals surface area (Å²) in [6, 6.07) is 5.39. The lowest BCUT2D eigenvalue weighted by molar-refractivity contribution is -0.141. The van der Waals surface area contributed by atoms with Crippen LogP contribution in [0.4, 0.5) is 4.79 Å². The molecule has 3 fully saturated rings. The van der Waals surface area contributed by atoms with Crippen LogP contribution < -0.4 is 20.1 Å². The van der Waals surface area contributed by atoms with Crippen molar-refractivity contribution in [1.29, 1.82) is 0 Å². The molecule has 5 atom stereocenters. The predicted octanol–water partition coefficient (Wildman–Crippen LogP) is 4.80. The van der Waals surface area contributed by atoms with E-state index in [0.29, 0.717) is 44.3 Å². The van der Waals surface area contributed by atoms with Crippen LogP contribution in [0.3, 0.4) is 0 Å². The highest BCUT2D eigenvalue weighted by Gasteiger charge is 2.64. The molecule has 2 aliphatic carbocycles. The molecule has 55 heavy (non-hydrogen) atoms. The number of amides is 5. The third-order valence-corrected chi connectivity index (χ3v) is 14.7. The smallest absolute Gasteiger partial charge is 0.318 e. The van der Waals surface area contributed by atoms with Crippen LogP contribution >= 0.6 is 0 Å². The molecule has 1 saturated heterocycles. The molecule has 5 amide bonds. The number of para-hydroxylation sites is 1. The number of rotatable bonds is 6. The number of carbonyl (C=O) groups is 4. The van der Waals surface area contributed by atoms with Crippen LogP contribution in [-0.2, 0) is 30.8 Å². The number of nitrogens with one attached hydrogen (secondary N) is 3. The standard InChI is InChI=1S/C41H56N6O7S/c1-25(2)47(26(3)4)38(51)43-32-17-11-9-7-8-10-14-28-22-41(28,37(50)45-55(52,53)39(6)20-21-39)44-35(48)33-23-40(24-46(33)36(32)49)19-18-30-29-15-12-13-16-31(29)42-27(5)34(30)54-40/h10,12-16,25-26,28,32-33H,7-9,11,17-24H2,1-6H3,(H,43,51)(H,44,48)(H,45,50)/t28-,32+,33+,40-,41-/m1/s1. The molecule has 0 bridgehead atoms. The normalized spacial score (nSPS) is 29.0. The van der Waals surface area contributed by atoms with Crippen molar-refractivity contribution in [2.75, 3.05) is 6.54 Å². The lowest BCUT2D eigenvalue weighted by atomic mass is 9.87. The molecule has 3 N–H and O–H groups in total. The van der Waals surface area contributed by atoms with Crippen LogP contribution in [0.2, 0.25) is 0 Å². The van der Waals surface area contributed by atoms with Crippen LogP contribution in [0.15, 0.2) is 36.4 Å². The predicted molar refractivity (Wildman–Crippen MR) is 209 cm³/mol. The highest BCUT2D eigenvalue weighted by molar-refractivity contribution is 7.91. The maximum absolute atomic E-state index is 14.9. The van der Waals surface area contributed by atoms with Crippen molar-refractivity contribution < 1.29 is 32.3 Å². The molecular weight excluding hydrogens is 721 g/mol. The van der Waals surface area contributed by atoms with E-state index in [-0.39, 0.29) is 43.4 Å². The van der Waals surface area contributed by atoms with Gasteiger partial charge in [0.15, 0.2) is 0 Å². The number of hydrogen-bond acceptors (Lipinski definition) is 8. The van der Waals surface area contributed by atoms with Crippen molar-refractivity contribution in [3.8, 4) is 5.75 Å². The van der Waals surface area contributed by atoms with Crippen LogP contribution in [0.25, 0.3) is 10.9 Å². The van der Waals surface area contributed by atoms with Crippen molar-refractivity contribution in [3.05, 3.63) is 47.7 Å². The second-order valence-electron chi connectivity index (χ2n) is 17.3. The Morgan fingerprint density at radius 2 is 1.76 bits per heavy atom. The zero-order valence-electron chi connectivity index (χ0n) is 32.9. The first-order valence-electron chi connectivity index (χ1n) is 20.0. The molecule has 7 rings (SSSR count). The molecule has 5 aliphatic rings. The fourth-order valence-electron chi connectivity index (χ4n) is 8.93. The summed E-state index contributed by atoms with van der Waals surface area (Å²) >= 11 is 0. The van der Waals surface area contributed by atoms with Gasteiger partial charge in [0.1, 0.15) is 29.0 Å². The number of allylic oxidation sites excluding steroid dienone is 1. The summed E-state index contributed by atoms with van der Waals surface area (Å²) in [6.07, 6.45) is 9.77. The second-order valence-corrected chi connectivity index (χ2v) is 19.5. The fourth-order valence-corrected chi connectivity index (χ4v) is 10.2. The topological polar surface area (TPSA) is 167 Å². The van der Waals surface area contributed by atoms with E-state index < -0.39 is 55.7 Å². The molecule has 0 unspecified atom stereocenters. The van der Waals surface area contributed by atoms with E-state index >= 15 is 0 Å². The lowest BCUT2D eigenvalue weighted by Gasteiger charge is -2.37. The Bertz CT molecular complexity index is 2020. The molecule has 4 heterocycles. The minimum atomic E-state index is -3.97. The zero-order chi connectivity index (χ0) is 39.5. The Balaban J connectivity index is 1.24. The number of benzene rings is 1. The number of hydrogen-bond donors (Lipinski definition) is 3. The number of aryl methyl sites for hydroxylation is 2. The summed E-state index contributed by atoms with van der Waals surface area (Å²) < 4.78 is 34.6. The van der Waals surface area contributed by atoms with Gasteiger partial charge in [0.25, 0.3) is 5.91 Å². The molecule has 298 valence electrons. The van der Waals surface area contributed by atoms with Crippen molar-refractivity contribution >= 4 is 44.7 Å². The average molecular weight is 777 g/mol. The van der Waals surface area contributed by atoms with Crippen LogP contribution in [0, 0.1) is 12.8 Å². The minimum Gasteiger partial charge on any atom is -0.483 e. The van der Waals surface area contributed by atoms with Gasteiger partial charge in [-0.1, -0.05) is 43.2 Å². The minimum absolute atomic E-state index is 0.0926. The van der Waals surface area contributed by atoms with Crippen molar-refractivity contribution in [2.45, 2.75) is 152 Å². The SMILES string of the molecule is Cc1nc2ccccc2c2c1O[C@]1(CC2)C[C@H]2C(=O)N[C@]3(C(=O)NS(=O)(=O)C4(C)CC4)C[C@H]3C=CCCCCC[C@H](NC(=O)N(C(C)C)C(C)C)C(=O)N2C1. The first-order valence-corrected chi connectivity index (χ1v) is 21.5. The van der Waals surface area contributed by atoms with E-state index in [1.165, 1.54) is 4.90 Å². The van der Waals surface area contributed by atoms with Gasteiger partial charge in [-0.2, -0.15) is 0 Å². The second kappa shape index (κ2) is 14.4. The molecule has 3 aliphatic heterocycles. The molecule has 14 heteroatoms. The maximum atomic E-state index is 14.9. The average Bonchev–Trinajstić information content (AvgIpc) is 4.01. The van der Waals surface area contributed by atoms with E-state index in [1.807, 2.05) is 71.0 Å². The number of fused-ring (bicyclic) bond motifs is 5. The Morgan fingerprint density at radius 1 is 1.04 bits per heavy atom. The molecule has 1 aromatic carbocycles. The number of aromatic nitrogens is 1. The Morgan fingerprint density at radius 3 is 2.47 bits per heavy atom. The molecule has 2 saturated carbocycles. The van der Waals surface area contributed by atoms with Crippen LogP contribution in [0.5, 0.6) is 5.75 Å². The van der Waals surface area contributed by atoms with Gasteiger partial charge in [0.2, 0.25) is 21.8 Å². The third-order valence-electron chi connectivity index (χ3n) is 12.5. The van der Waals surface area contributed by atoms with E-state index in [4.69, 9.17) is 9.72 Å². The Labute approximate surface area is 324 Å². The highest BCUT2D eigenvalue weighted by atomic mass is 32.2. The van der Waals surface area contributed by atoms with Gasteiger partial charge in [0.05, 0.1) is 22.5 Å². The summed E-state index contributed by atoms with van der Waals surface area (Å²) in [5.74, 6) is -1.46. The Kier molecular flexibility index (Phi) is 10.2. The first kappa shape index (κ1) is 39.1. The number of sulfonamides is 1. The molecule has 1 spiro atoms. The van der Waals surface area contributed by atoms with Crippen molar-refractivity contribution in [1.82, 2.24) is 30.1 Å². The number of ether oxygens (including phenoxy) is 1. The lowest BCUT2D eigenvalue weighted by Crippen LogP contribution is -2.59. The van der Waals surface area contributed by atoms with Gasteiger partial charge in [-0.15, -0.1) is 0 Å². The van der Waals surface area contributed by atoms with Gasteiger partial charge >= 0.3 is 6.03 Å². The summed E-state index contributed by atoms with van der Waals surface area (Å²) in [6.45, 7) is 11.3. The summed E-state index contributed by atoms with van der Waals surface area (Å²) in [4.78, 5) is 65.4. The summed E-state index contributed by atoms with van der Waals surface area (Å²) in [7, 11) is -3.97. The summed E-state index contributed by atoms with van der Waals surface area (Å²) in [5.41, 5.74) is 0.198. The molecular formula is C41H56N6O7S. The van der Waals surface area contributed by atoms with Gasteiger partial charge < -0.3 is 25.2 Å². The maximum Gasteiger partial charge on any atom is 0.318 e. The van der Waals surface area contributed by atoms with E-state index in [1.54, 1.807) is 11.8 Å². The summed E-state index contributed by atoms with van der Waals surface area (Å²) in [5, 5.41) is 7.02.